The minimum absolute atomic E-state index is 0.159. The van der Waals surface area contributed by atoms with Crippen LogP contribution >= 0.6 is 11.6 Å². The Morgan fingerprint density at radius 3 is 2.39 bits per heavy atom. The maximum Gasteiger partial charge on any atom is 0.393 e. The van der Waals surface area contributed by atoms with Crippen LogP contribution in [0.25, 0.3) is 0 Å². The fourth-order valence-corrected chi connectivity index (χ4v) is 2.77. The Labute approximate surface area is 136 Å². The Morgan fingerprint density at radius 1 is 1.09 bits per heavy atom. The second kappa shape index (κ2) is 5.57. The molecule has 0 radical (unpaired) electrons. The van der Waals surface area contributed by atoms with Crippen molar-refractivity contribution >= 4 is 23.2 Å². The predicted molar refractivity (Wildman–Crippen MR) is 83.2 cm³/mol. The molecule has 2 aromatic rings. The molecule has 0 aliphatic carbocycles. The van der Waals surface area contributed by atoms with Crippen LogP contribution in [0.1, 0.15) is 24.5 Å². The maximum absolute atomic E-state index is 13.0. The molecule has 1 aliphatic rings. The number of hydrogen-bond donors (Lipinski definition) is 0. The van der Waals surface area contributed by atoms with Gasteiger partial charge in [-0.2, -0.15) is 13.2 Å². The van der Waals surface area contributed by atoms with E-state index < -0.39 is 18.2 Å². The first-order valence-electron chi connectivity index (χ1n) is 6.97. The second-order valence-electron chi connectivity index (χ2n) is 5.57. The first-order chi connectivity index (χ1) is 10.8. The molecule has 6 heteroatoms. The fraction of sp³-hybridized carbons (Fsp3) is 0.235. The number of hydrogen-bond acceptors (Lipinski definition) is 2. The molecule has 1 heterocycles. The summed E-state index contributed by atoms with van der Waals surface area (Å²) in [5.41, 5.74) is -0.0336. The molecule has 0 fully saturated rings. The summed E-state index contributed by atoms with van der Waals surface area (Å²) < 4.78 is 44.8. The molecule has 120 valence electrons. The molecule has 1 aliphatic heterocycles. The van der Waals surface area contributed by atoms with Gasteiger partial charge in [-0.3, -0.25) is 0 Å². The Bertz CT molecular complexity index is 755. The third-order valence-electron chi connectivity index (χ3n) is 3.65. The summed E-state index contributed by atoms with van der Waals surface area (Å²) in [5, 5.41) is 0.531. The van der Waals surface area contributed by atoms with Crippen LogP contribution < -0.4 is 0 Å². The normalized spacial score (nSPS) is 20.5. The number of nitrogens with zero attached hydrogens (tertiary/aromatic N) is 1. The largest absolute Gasteiger partial charge is 0.466 e. The van der Waals surface area contributed by atoms with E-state index in [1.54, 1.807) is 48.5 Å². The van der Waals surface area contributed by atoms with Crippen LogP contribution in [0, 0.1) is 0 Å². The topological polar surface area (TPSA) is 21.6 Å². The Balaban J connectivity index is 2.08. The summed E-state index contributed by atoms with van der Waals surface area (Å²) >= 11 is 5.85. The lowest BCUT2D eigenvalue weighted by Gasteiger charge is -2.36. The third kappa shape index (κ3) is 3.34. The summed E-state index contributed by atoms with van der Waals surface area (Å²) in [5.74, 6) is 0.159. The predicted octanol–water partition coefficient (Wildman–Crippen LogP) is 5.62. The summed E-state index contributed by atoms with van der Waals surface area (Å²) in [6, 6.07) is 13.3. The molecule has 3 rings (SSSR count). The quantitative estimate of drug-likeness (QED) is 0.696. The van der Waals surface area contributed by atoms with Crippen molar-refractivity contribution < 1.29 is 17.9 Å². The molecule has 0 amide bonds. The van der Waals surface area contributed by atoms with E-state index in [1.165, 1.54) is 6.92 Å². The van der Waals surface area contributed by atoms with Crippen molar-refractivity contribution in [3.8, 4) is 0 Å². The van der Waals surface area contributed by atoms with Crippen molar-refractivity contribution in [3.05, 3.63) is 64.7 Å². The van der Waals surface area contributed by atoms with Crippen LogP contribution in [0.3, 0.4) is 0 Å². The van der Waals surface area contributed by atoms with Crippen LogP contribution in [0.5, 0.6) is 0 Å². The molecule has 0 N–H and O–H groups in total. The van der Waals surface area contributed by atoms with Gasteiger partial charge in [0, 0.05) is 16.1 Å². The zero-order chi connectivity index (χ0) is 16.7. The van der Waals surface area contributed by atoms with Crippen LogP contribution in [-0.2, 0) is 10.3 Å². The van der Waals surface area contributed by atoms with Crippen LogP contribution in [0.4, 0.5) is 18.9 Å². The van der Waals surface area contributed by atoms with Gasteiger partial charge in [-0.15, -0.1) is 0 Å². The lowest BCUT2D eigenvalue weighted by molar-refractivity contribution is -0.171. The molecule has 0 saturated carbocycles. The molecule has 2 aromatic carbocycles. The van der Waals surface area contributed by atoms with Crippen molar-refractivity contribution in [1.82, 2.24) is 0 Å². The smallest absolute Gasteiger partial charge is 0.393 e. The summed E-state index contributed by atoms with van der Waals surface area (Å²) in [6.07, 6.45) is -5.45. The molecular formula is C17H13ClF3NO. The Kier molecular flexibility index (Phi) is 3.84. The minimum Gasteiger partial charge on any atom is -0.466 e. The van der Waals surface area contributed by atoms with Crippen molar-refractivity contribution in [2.75, 3.05) is 0 Å². The molecule has 0 aromatic heterocycles. The van der Waals surface area contributed by atoms with Crippen LogP contribution in [-0.4, -0.2) is 12.1 Å². The molecule has 1 unspecified atom stereocenters. The molecule has 0 spiro atoms. The van der Waals surface area contributed by atoms with Gasteiger partial charge in [0.15, 0.2) is 0 Å². The highest BCUT2D eigenvalue weighted by atomic mass is 35.5. The standard InChI is InChI=1S/C17H13ClF3NO/c1-16(10-17(19,20)21)13-4-2-3-5-14(13)22-15(23-16)11-6-8-12(18)9-7-11/h2-9H,10H2,1H3. The van der Waals surface area contributed by atoms with Gasteiger partial charge in [0.1, 0.15) is 5.60 Å². The van der Waals surface area contributed by atoms with E-state index in [1.807, 2.05) is 0 Å². The maximum atomic E-state index is 13.0. The summed E-state index contributed by atoms with van der Waals surface area (Å²) in [4.78, 5) is 4.35. The number of ether oxygens (including phenoxy) is 1. The van der Waals surface area contributed by atoms with Crippen molar-refractivity contribution in [2.45, 2.75) is 25.1 Å². The first kappa shape index (κ1) is 15.9. The van der Waals surface area contributed by atoms with E-state index in [-0.39, 0.29) is 5.90 Å². The third-order valence-corrected chi connectivity index (χ3v) is 3.90. The van der Waals surface area contributed by atoms with Gasteiger partial charge in [0.05, 0.1) is 12.1 Å². The number of benzene rings is 2. The van der Waals surface area contributed by atoms with Crippen molar-refractivity contribution in [2.24, 2.45) is 4.99 Å². The van der Waals surface area contributed by atoms with E-state index in [0.717, 1.165) is 0 Å². The molecule has 0 saturated heterocycles. The highest BCUT2D eigenvalue weighted by Crippen LogP contribution is 2.44. The number of fused-ring (bicyclic) bond motifs is 1. The zero-order valence-electron chi connectivity index (χ0n) is 12.2. The average molecular weight is 340 g/mol. The average Bonchev–Trinajstić information content (AvgIpc) is 2.46. The zero-order valence-corrected chi connectivity index (χ0v) is 12.9. The number of aliphatic imine (C=N–C) groups is 1. The van der Waals surface area contributed by atoms with E-state index in [9.17, 15) is 13.2 Å². The first-order valence-corrected chi connectivity index (χ1v) is 7.35. The molecule has 23 heavy (non-hydrogen) atoms. The Hall–Kier alpha value is -2.01. The number of rotatable bonds is 2. The Morgan fingerprint density at radius 2 is 1.74 bits per heavy atom. The van der Waals surface area contributed by atoms with Crippen LogP contribution in [0.2, 0.25) is 5.02 Å². The van der Waals surface area contributed by atoms with Gasteiger partial charge in [0.25, 0.3) is 0 Å². The molecule has 2 nitrogen and oxygen atoms in total. The van der Waals surface area contributed by atoms with Gasteiger partial charge in [-0.05, 0) is 37.3 Å². The van der Waals surface area contributed by atoms with Gasteiger partial charge in [-0.1, -0.05) is 29.8 Å². The van der Waals surface area contributed by atoms with Gasteiger partial charge in [0.2, 0.25) is 5.90 Å². The fourth-order valence-electron chi connectivity index (χ4n) is 2.65. The number of alkyl halides is 3. The van der Waals surface area contributed by atoms with Gasteiger partial charge >= 0.3 is 6.18 Å². The monoisotopic (exact) mass is 339 g/mol. The second-order valence-corrected chi connectivity index (χ2v) is 6.00. The highest BCUT2D eigenvalue weighted by Gasteiger charge is 2.45. The van der Waals surface area contributed by atoms with E-state index in [4.69, 9.17) is 16.3 Å². The minimum atomic E-state index is -4.36. The number of halogens is 4. The van der Waals surface area contributed by atoms with Crippen LogP contribution in [0.15, 0.2) is 53.5 Å². The molecule has 0 bridgehead atoms. The van der Waals surface area contributed by atoms with Gasteiger partial charge in [-0.25, -0.2) is 4.99 Å². The van der Waals surface area contributed by atoms with E-state index in [0.29, 0.717) is 21.8 Å². The lowest BCUT2D eigenvalue weighted by Crippen LogP contribution is -2.36. The van der Waals surface area contributed by atoms with Crippen molar-refractivity contribution in [1.29, 1.82) is 0 Å². The van der Waals surface area contributed by atoms with E-state index in [2.05, 4.69) is 4.99 Å². The summed E-state index contributed by atoms with van der Waals surface area (Å²) in [6.45, 7) is 1.43. The lowest BCUT2D eigenvalue weighted by atomic mass is 9.89. The number of para-hydroxylation sites is 1. The van der Waals surface area contributed by atoms with Crippen molar-refractivity contribution in [3.63, 3.8) is 0 Å². The van der Waals surface area contributed by atoms with Gasteiger partial charge < -0.3 is 4.74 Å². The highest BCUT2D eigenvalue weighted by molar-refractivity contribution is 6.30. The molecular weight excluding hydrogens is 327 g/mol. The SMILES string of the molecule is CC1(CC(F)(F)F)OC(c2ccc(Cl)cc2)=Nc2ccccc21. The summed E-state index contributed by atoms with van der Waals surface area (Å²) in [7, 11) is 0. The molecule has 1 atom stereocenters. The van der Waals surface area contributed by atoms with E-state index >= 15 is 0 Å².